The van der Waals surface area contributed by atoms with Crippen molar-refractivity contribution in [2.45, 2.75) is 18.9 Å². The van der Waals surface area contributed by atoms with Crippen molar-refractivity contribution in [1.29, 1.82) is 0 Å². The number of rotatable bonds is 5. The Labute approximate surface area is 146 Å². The minimum Gasteiger partial charge on any atom is -0.496 e. The average molecular weight is 343 g/mol. The average Bonchev–Trinajstić information content (AvgIpc) is 2.63. The first-order chi connectivity index (χ1) is 12.1. The lowest BCUT2D eigenvalue weighted by atomic mass is 9.91. The second-order valence-corrected chi connectivity index (χ2v) is 6.35. The number of piperidine rings is 1. The fourth-order valence-electron chi connectivity index (χ4n) is 3.55. The van der Waals surface area contributed by atoms with Crippen LogP contribution in [0, 0.1) is 11.7 Å². The van der Waals surface area contributed by atoms with Gasteiger partial charge in [0, 0.05) is 5.56 Å². The lowest BCUT2D eigenvalue weighted by Gasteiger charge is -2.37. The molecule has 1 fully saturated rings. The maximum atomic E-state index is 13.9. The van der Waals surface area contributed by atoms with E-state index in [0.717, 1.165) is 11.1 Å². The van der Waals surface area contributed by atoms with E-state index in [0.29, 0.717) is 31.7 Å². The number of carboxylic acids is 1. The summed E-state index contributed by atoms with van der Waals surface area (Å²) in [6.45, 7) is 1.30. The highest BCUT2D eigenvalue weighted by molar-refractivity contribution is 5.70. The van der Waals surface area contributed by atoms with E-state index in [2.05, 4.69) is 4.90 Å². The van der Waals surface area contributed by atoms with Gasteiger partial charge in [-0.15, -0.1) is 0 Å². The number of carboxylic acid groups (broad SMARTS) is 1. The van der Waals surface area contributed by atoms with Gasteiger partial charge < -0.3 is 9.84 Å². The minimum absolute atomic E-state index is 0.165. The zero-order valence-electron chi connectivity index (χ0n) is 14.2. The molecule has 1 saturated heterocycles. The lowest BCUT2D eigenvalue weighted by molar-refractivity contribution is -0.143. The van der Waals surface area contributed by atoms with Crippen LogP contribution in [-0.4, -0.2) is 36.2 Å². The van der Waals surface area contributed by atoms with Crippen LogP contribution < -0.4 is 4.74 Å². The van der Waals surface area contributed by atoms with E-state index >= 15 is 0 Å². The first-order valence-electron chi connectivity index (χ1n) is 8.45. The van der Waals surface area contributed by atoms with Crippen LogP contribution in [0.5, 0.6) is 5.75 Å². The lowest BCUT2D eigenvalue weighted by Crippen LogP contribution is -2.39. The van der Waals surface area contributed by atoms with Crippen molar-refractivity contribution >= 4 is 5.97 Å². The molecule has 1 N–H and O–H groups in total. The van der Waals surface area contributed by atoms with Crippen molar-refractivity contribution in [1.82, 2.24) is 4.90 Å². The zero-order valence-corrected chi connectivity index (χ0v) is 14.2. The Bertz CT molecular complexity index is 727. The van der Waals surface area contributed by atoms with Crippen molar-refractivity contribution in [3.63, 3.8) is 0 Å². The molecule has 4 nitrogen and oxygen atoms in total. The van der Waals surface area contributed by atoms with E-state index in [1.807, 2.05) is 30.3 Å². The standard InChI is InChI=1S/C20H22FNO3/c1-25-18-8-7-16(21)13-17(18)19(14-5-3-2-4-6-14)22-11-9-15(10-12-22)20(23)24/h2-8,13,15,19H,9-12H2,1H3,(H,23,24). The van der Waals surface area contributed by atoms with Crippen molar-refractivity contribution in [3.05, 3.63) is 65.5 Å². The molecule has 0 aliphatic carbocycles. The first-order valence-corrected chi connectivity index (χ1v) is 8.45. The third-order valence-electron chi connectivity index (χ3n) is 4.85. The molecule has 0 bridgehead atoms. The smallest absolute Gasteiger partial charge is 0.306 e. The number of halogens is 1. The Kier molecular flexibility index (Phi) is 5.34. The van der Waals surface area contributed by atoms with Crippen LogP contribution >= 0.6 is 0 Å². The van der Waals surface area contributed by atoms with E-state index in [1.54, 1.807) is 13.2 Å². The Morgan fingerprint density at radius 1 is 1.20 bits per heavy atom. The molecule has 25 heavy (non-hydrogen) atoms. The highest BCUT2D eigenvalue weighted by atomic mass is 19.1. The molecule has 132 valence electrons. The van der Waals surface area contributed by atoms with E-state index in [-0.39, 0.29) is 17.8 Å². The maximum absolute atomic E-state index is 13.9. The molecule has 1 atom stereocenters. The highest BCUT2D eigenvalue weighted by Gasteiger charge is 2.31. The number of methoxy groups -OCH3 is 1. The van der Waals surface area contributed by atoms with E-state index in [4.69, 9.17) is 4.74 Å². The number of hydrogen-bond donors (Lipinski definition) is 1. The number of aliphatic carboxylic acids is 1. The molecule has 2 aromatic rings. The predicted octanol–water partition coefficient (Wildman–Crippen LogP) is 3.72. The molecule has 0 radical (unpaired) electrons. The summed E-state index contributed by atoms with van der Waals surface area (Å²) < 4.78 is 19.4. The summed E-state index contributed by atoms with van der Waals surface area (Å²) in [6.07, 6.45) is 1.19. The number of hydrogen-bond acceptors (Lipinski definition) is 3. The largest absolute Gasteiger partial charge is 0.496 e. The number of benzene rings is 2. The maximum Gasteiger partial charge on any atom is 0.306 e. The number of ether oxygens (including phenoxy) is 1. The fraction of sp³-hybridized carbons (Fsp3) is 0.350. The first kappa shape index (κ1) is 17.4. The molecule has 0 saturated carbocycles. The second-order valence-electron chi connectivity index (χ2n) is 6.35. The van der Waals surface area contributed by atoms with Crippen LogP contribution in [0.3, 0.4) is 0 Å². The molecule has 1 heterocycles. The van der Waals surface area contributed by atoms with Gasteiger partial charge in [0.1, 0.15) is 11.6 Å². The molecule has 5 heteroatoms. The van der Waals surface area contributed by atoms with E-state index in [9.17, 15) is 14.3 Å². The van der Waals surface area contributed by atoms with Crippen LogP contribution in [0.2, 0.25) is 0 Å². The van der Waals surface area contributed by atoms with Crippen LogP contribution in [0.4, 0.5) is 4.39 Å². The van der Waals surface area contributed by atoms with Gasteiger partial charge in [0.05, 0.1) is 19.1 Å². The molecule has 0 aromatic heterocycles. The molecule has 1 aliphatic rings. The van der Waals surface area contributed by atoms with Gasteiger partial charge in [-0.05, 0) is 49.7 Å². The molecule has 1 aliphatic heterocycles. The predicted molar refractivity (Wildman–Crippen MR) is 93.2 cm³/mol. The van der Waals surface area contributed by atoms with Crippen LogP contribution in [0.15, 0.2) is 48.5 Å². The molecule has 1 unspecified atom stereocenters. The van der Waals surface area contributed by atoms with E-state index < -0.39 is 5.97 Å². The molecular weight excluding hydrogens is 321 g/mol. The van der Waals surface area contributed by atoms with Crippen LogP contribution in [0.1, 0.15) is 30.0 Å². The Balaban J connectivity index is 1.98. The van der Waals surface area contributed by atoms with Gasteiger partial charge in [0.25, 0.3) is 0 Å². The van der Waals surface area contributed by atoms with Gasteiger partial charge in [-0.25, -0.2) is 4.39 Å². The summed E-state index contributed by atoms with van der Waals surface area (Å²) in [5, 5.41) is 9.23. The van der Waals surface area contributed by atoms with Crippen LogP contribution in [-0.2, 0) is 4.79 Å². The van der Waals surface area contributed by atoms with Crippen molar-refractivity contribution < 1.29 is 19.0 Å². The third kappa shape index (κ3) is 3.82. The minimum atomic E-state index is -0.737. The molecule has 0 amide bonds. The summed E-state index contributed by atoms with van der Waals surface area (Å²) in [4.78, 5) is 13.4. The highest BCUT2D eigenvalue weighted by Crippen LogP contribution is 2.37. The Morgan fingerprint density at radius 3 is 2.48 bits per heavy atom. The van der Waals surface area contributed by atoms with E-state index in [1.165, 1.54) is 12.1 Å². The van der Waals surface area contributed by atoms with Gasteiger partial charge in [-0.2, -0.15) is 0 Å². The molecule has 2 aromatic carbocycles. The fourth-order valence-corrected chi connectivity index (χ4v) is 3.55. The van der Waals surface area contributed by atoms with Gasteiger partial charge >= 0.3 is 5.97 Å². The summed E-state index contributed by atoms with van der Waals surface area (Å²) >= 11 is 0. The zero-order chi connectivity index (χ0) is 17.8. The normalized spacial score (nSPS) is 17.2. The SMILES string of the molecule is COc1ccc(F)cc1C(c1ccccc1)N1CCC(C(=O)O)CC1. The monoisotopic (exact) mass is 343 g/mol. The quantitative estimate of drug-likeness (QED) is 0.899. The Morgan fingerprint density at radius 2 is 1.88 bits per heavy atom. The van der Waals surface area contributed by atoms with Crippen molar-refractivity contribution in [3.8, 4) is 5.75 Å². The number of likely N-dealkylation sites (tertiary alicyclic amines) is 1. The topological polar surface area (TPSA) is 49.8 Å². The number of nitrogens with zero attached hydrogens (tertiary/aromatic N) is 1. The van der Waals surface area contributed by atoms with Gasteiger partial charge in [0.2, 0.25) is 0 Å². The van der Waals surface area contributed by atoms with Gasteiger partial charge in [-0.3, -0.25) is 9.69 Å². The van der Waals surface area contributed by atoms with Gasteiger partial charge in [-0.1, -0.05) is 30.3 Å². The van der Waals surface area contributed by atoms with Crippen molar-refractivity contribution in [2.24, 2.45) is 5.92 Å². The third-order valence-corrected chi connectivity index (χ3v) is 4.85. The molecule has 0 spiro atoms. The van der Waals surface area contributed by atoms with Crippen LogP contribution in [0.25, 0.3) is 0 Å². The van der Waals surface area contributed by atoms with Crippen molar-refractivity contribution in [2.75, 3.05) is 20.2 Å². The Hall–Kier alpha value is -2.40. The van der Waals surface area contributed by atoms with Gasteiger partial charge in [0.15, 0.2) is 0 Å². The summed E-state index contributed by atoms with van der Waals surface area (Å²) in [6, 6.07) is 14.3. The summed E-state index contributed by atoms with van der Waals surface area (Å²) in [7, 11) is 1.58. The summed E-state index contributed by atoms with van der Waals surface area (Å²) in [5.74, 6) is -0.714. The molecular formula is C20H22FNO3. The number of carbonyl (C=O) groups is 1. The summed E-state index contributed by atoms with van der Waals surface area (Å²) in [5.41, 5.74) is 1.81. The molecule has 3 rings (SSSR count). The second kappa shape index (κ2) is 7.66.